The molecule has 2 aromatic rings. The van der Waals surface area contributed by atoms with E-state index >= 15 is 0 Å². The first-order valence-corrected chi connectivity index (χ1v) is 8.92. The number of hydrogen-bond donors (Lipinski definition) is 2. The fourth-order valence-corrected chi connectivity index (χ4v) is 5.03. The highest BCUT2D eigenvalue weighted by Crippen LogP contribution is 2.26. The number of rotatable bonds is 6. The molecule has 1 atom stereocenters. The normalized spacial score (nSPS) is 13.2. The molecule has 1 unspecified atom stereocenters. The fraction of sp³-hybridized carbons (Fsp3) is 0.273. The summed E-state index contributed by atoms with van der Waals surface area (Å²) in [6, 6.07) is 3.31. The minimum atomic E-state index is -3.90. The van der Waals surface area contributed by atoms with Crippen molar-refractivity contribution in [3.8, 4) is 0 Å². The average molecular weight is 332 g/mol. The molecule has 0 saturated heterocycles. The molecule has 2 aromatic heterocycles. The second kappa shape index (κ2) is 6.00. The highest BCUT2D eigenvalue weighted by atomic mass is 32.2. The summed E-state index contributed by atoms with van der Waals surface area (Å²) in [7, 11) is -3.90. The van der Waals surface area contributed by atoms with Gasteiger partial charge in [0.05, 0.1) is 11.6 Å². The molecule has 2 heterocycles. The lowest BCUT2D eigenvalue weighted by atomic mass is 10.2. The zero-order valence-electron chi connectivity index (χ0n) is 10.4. The van der Waals surface area contributed by atoms with Gasteiger partial charge in [0, 0.05) is 4.88 Å². The molecule has 6 nitrogen and oxygen atoms in total. The summed E-state index contributed by atoms with van der Waals surface area (Å²) in [4.78, 5) is 15.4. The third kappa shape index (κ3) is 3.06. The zero-order chi connectivity index (χ0) is 14.8. The predicted octanol–water partition coefficient (Wildman–Crippen LogP) is 2.33. The van der Waals surface area contributed by atoms with Crippen LogP contribution in [0.5, 0.6) is 0 Å². The maximum Gasteiger partial charge on any atom is 0.356 e. The minimum Gasteiger partial charge on any atom is -0.476 e. The molecule has 0 amide bonds. The van der Waals surface area contributed by atoms with Crippen molar-refractivity contribution in [1.82, 2.24) is 9.71 Å². The predicted molar refractivity (Wildman–Crippen MR) is 76.7 cm³/mol. The number of thiophene rings is 1. The van der Waals surface area contributed by atoms with Crippen molar-refractivity contribution in [2.75, 3.05) is 0 Å². The lowest BCUT2D eigenvalue weighted by molar-refractivity contribution is 0.0687. The maximum absolute atomic E-state index is 12.3. The number of thiazole rings is 1. The summed E-state index contributed by atoms with van der Waals surface area (Å²) in [5, 5.41) is 10.8. The largest absolute Gasteiger partial charge is 0.476 e. The van der Waals surface area contributed by atoms with Crippen molar-refractivity contribution in [2.45, 2.75) is 23.6 Å². The van der Waals surface area contributed by atoms with E-state index < -0.39 is 21.7 Å². The molecule has 0 aromatic carbocycles. The molecule has 9 heteroatoms. The zero-order valence-corrected chi connectivity index (χ0v) is 12.9. The first-order chi connectivity index (χ1) is 9.45. The Morgan fingerprint density at radius 3 is 2.80 bits per heavy atom. The number of sulfonamides is 1. The lowest BCUT2D eigenvalue weighted by Crippen LogP contribution is -2.28. The van der Waals surface area contributed by atoms with Gasteiger partial charge in [0.15, 0.2) is 9.90 Å². The summed E-state index contributed by atoms with van der Waals surface area (Å²) < 4.78 is 26.8. The number of carboxylic acid groups (broad SMARTS) is 1. The molecule has 0 spiro atoms. The summed E-state index contributed by atoms with van der Waals surface area (Å²) in [5.41, 5.74) is 0.771. The van der Waals surface area contributed by atoms with Crippen molar-refractivity contribution in [3.05, 3.63) is 33.6 Å². The number of aromatic nitrogens is 1. The molecular formula is C11H12N2O4S3. The molecule has 2 N–H and O–H groups in total. The van der Waals surface area contributed by atoms with Crippen LogP contribution in [-0.4, -0.2) is 24.5 Å². The van der Waals surface area contributed by atoms with E-state index in [2.05, 4.69) is 9.71 Å². The van der Waals surface area contributed by atoms with Gasteiger partial charge in [-0.3, -0.25) is 0 Å². The number of aromatic carboxylic acids is 1. The van der Waals surface area contributed by atoms with E-state index in [0.29, 0.717) is 6.42 Å². The van der Waals surface area contributed by atoms with E-state index in [1.807, 2.05) is 24.4 Å². The molecule has 0 bridgehead atoms. The van der Waals surface area contributed by atoms with Crippen molar-refractivity contribution in [3.63, 3.8) is 0 Å². The molecule has 0 aliphatic carbocycles. The van der Waals surface area contributed by atoms with Gasteiger partial charge >= 0.3 is 5.97 Å². The number of carboxylic acids is 1. The van der Waals surface area contributed by atoms with E-state index in [1.165, 1.54) is 16.8 Å². The summed E-state index contributed by atoms with van der Waals surface area (Å²) in [6.45, 7) is 1.86. The Hall–Kier alpha value is -1.29. The SMILES string of the molecule is CCC(NS(=O)(=O)c1scnc1C(=O)O)c1cccs1. The highest BCUT2D eigenvalue weighted by molar-refractivity contribution is 7.91. The van der Waals surface area contributed by atoms with Gasteiger partial charge in [-0.15, -0.1) is 22.7 Å². The third-order valence-corrected chi connectivity index (χ3v) is 6.40. The molecule has 0 radical (unpaired) electrons. The second-order valence-electron chi connectivity index (χ2n) is 3.89. The molecule has 0 fully saturated rings. The first-order valence-electron chi connectivity index (χ1n) is 5.68. The lowest BCUT2D eigenvalue weighted by Gasteiger charge is -2.14. The Morgan fingerprint density at radius 1 is 1.50 bits per heavy atom. The van der Waals surface area contributed by atoms with Gasteiger partial charge in [-0.2, -0.15) is 0 Å². The number of nitrogens with zero attached hydrogens (tertiary/aromatic N) is 1. The van der Waals surface area contributed by atoms with Crippen molar-refractivity contribution < 1.29 is 18.3 Å². The molecule has 0 saturated carbocycles. The van der Waals surface area contributed by atoms with Gasteiger partial charge in [0.1, 0.15) is 0 Å². The smallest absolute Gasteiger partial charge is 0.356 e. The van der Waals surface area contributed by atoms with Gasteiger partial charge in [-0.05, 0) is 17.9 Å². The Morgan fingerprint density at radius 2 is 2.25 bits per heavy atom. The molecule has 0 aliphatic rings. The standard InChI is InChI=1S/C11H12N2O4S3/c1-2-7(8-4-3-5-18-8)13-20(16,17)11-9(10(14)15)12-6-19-11/h3-7,13H,2H2,1H3,(H,14,15). The summed E-state index contributed by atoms with van der Waals surface area (Å²) in [5.74, 6) is -1.35. The van der Waals surface area contributed by atoms with Crippen LogP contribution in [0.2, 0.25) is 0 Å². The Kier molecular flexibility index (Phi) is 4.53. The summed E-state index contributed by atoms with van der Waals surface area (Å²) in [6.07, 6.45) is 0.570. The van der Waals surface area contributed by atoms with Crippen LogP contribution < -0.4 is 4.72 Å². The van der Waals surface area contributed by atoms with Crippen LogP contribution >= 0.6 is 22.7 Å². The van der Waals surface area contributed by atoms with Gasteiger partial charge in [-0.1, -0.05) is 13.0 Å². The van der Waals surface area contributed by atoms with E-state index in [0.717, 1.165) is 16.2 Å². The van der Waals surface area contributed by atoms with Crippen LogP contribution in [0.3, 0.4) is 0 Å². The van der Waals surface area contributed by atoms with Crippen LogP contribution in [-0.2, 0) is 10.0 Å². The number of hydrogen-bond acceptors (Lipinski definition) is 6. The minimum absolute atomic E-state index is 0.264. The quantitative estimate of drug-likeness (QED) is 0.846. The molecular weight excluding hydrogens is 320 g/mol. The van der Waals surface area contributed by atoms with Crippen molar-refractivity contribution in [1.29, 1.82) is 0 Å². The van der Waals surface area contributed by atoms with Crippen molar-refractivity contribution >= 4 is 38.7 Å². The third-order valence-electron chi connectivity index (χ3n) is 2.57. The molecule has 0 aliphatic heterocycles. The van der Waals surface area contributed by atoms with Crippen LogP contribution in [0.25, 0.3) is 0 Å². The van der Waals surface area contributed by atoms with Crippen molar-refractivity contribution in [2.24, 2.45) is 0 Å². The van der Waals surface area contributed by atoms with Crippen LogP contribution in [0.4, 0.5) is 0 Å². The van der Waals surface area contributed by atoms with Gasteiger partial charge in [0.2, 0.25) is 0 Å². The number of carbonyl (C=O) groups is 1. The van der Waals surface area contributed by atoms with Crippen LogP contribution in [0.1, 0.15) is 34.8 Å². The van der Waals surface area contributed by atoms with Gasteiger partial charge in [-0.25, -0.2) is 22.9 Å². The van der Waals surface area contributed by atoms with Gasteiger partial charge < -0.3 is 5.11 Å². The number of nitrogens with one attached hydrogen (secondary N) is 1. The topological polar surface area (TPSA) is 96.4 Å². The Bertz CT molecular complexity index is 691. The molecule has 108 valence electrons. The average Bonchev–Trinajstić information content (AvgIpc) is 3.06. The van der Waals surface area contributed by atoms with Crippen LogP contribution in [0, 0.1) is 0 Å². The summed E-state index contributed by atoms with van der Waals surface area (Å²) >= 11 is 2.24. The van der Waals surface area contributed by atoms with E-state index in [4.69, 9.17) is 5.11 Å². The fourth-order valence-electron chi connectivity index (χ4n) is 1.64. The van der Waals surface area contributed by atoms with E-state index in [1.54, 1.807) is 0 Å². The Balaban J connectivity index is 2.31. The first kappa shape index (κ1) is 15.1. The highest BCUT2D eigenvalue weighted by Gasteiger charge is 2.28. The van der Waals surface area contributed by atoms with E-state index in [9.17, 15) is 13.2 Å². The maximum atomic E-state index is 12.3. The Labute approximate surface area is 124 Å². The molecule has 2 rings (SSSR count). The molecule has 20 heavy (non-hydrogen) atoms. The van der Waals surface area contributed by atoms with Gasteiger partial charge in [0.25, 0.3) is 10.0 Å². The second-order valence-corrected chi connectivity index (χ2v) is 7.63. The van der Waals surface area contributed by atoms with E-state index in [-0.39, 0.29) is 10.3 Å². The van der Waals surface area contributed by atoms with Crippen LogP contribution in [0.15, 0.2) is 27.2 Å². The monoisotopic (exact) mass is 332 g/mol.